The monoisotopic (exact) mass is 458 g/mol. The fourth-order valence-electron chi connectivity index (χ4n) is 3.88. The molecule has 168 valence electrons. The van der Waals surface area contributed by atoms with Gasteiger partial charge < -0.3 is 19.2 Å². The van der Waals surface area contributed by atoms with Gasteiger partial charge in [0.1, 0.15) is 5.69 Å². The largest absolute Gasteiger partial charge is 0.454 e. The zero-order chi connectivity index (χ0) is 22.1. The second-order valence-corrected chi connectivity index (χ2v) is 9.57. The van der Waals surface area contributed by atoms with Crippen molar-refractivity contribution in [3.8, 4) is 23.0 Å². The van der Waals surface area contributed by atoms with Crippen molar-refractivity contribution < 1.29 is 27.1 Å². The van der Waals surface area contributed by atoms with Gasteiger partial charge >= 0.3 is 0 Å². The third kappa shape index (κ3) is 3.96. The summed E-state index contributed by atoms with van der Waals surface area (Å²) in [6.45, 7) is 0.963. The van der Waals surface area contributed by atoms with Crippen molar-refractivity contribution in [2.45, 2.75) is 24.5 Å². The van der Waals surface area contributed by atoms with Crippen molar-refractivity contribution >= 4 is 15.9 Å². The molecule has 2 aromatic heterocycles. The van der Waals surface area contributed by atoms with Crippen molar-refractivity contribution in [2.24, 2.45) is 5.92 Å². The lowest BCUT2D eigenvalue weighted by atomic mass is 9.98. The summed E-state index contributed by atoms with van der Waals surface area (Å²) in [6, 6.07) is 10.2. The van der Waals surface area contributed by atoms with Crippen LogP contribution in [0.2, 0.25) is 0 Å². The zero-order valence-corrected chi connectivity index (χ0v) is 17.9. The van der Waals surface area contributed by atoms with Crippen molar-refractivity contribution in [3.63, 3.8) is 0 Å². The number of hydrogen-bond donors (Lipinski definition) is 2. The van der Waals surface area contributed by atoms with Crippen LogP contribution in [0, 0.1) is 5.92 Å². The molecule has 2 aliphatic rings. The molecule has 1 saturated heterocycles. The molecular formula is C21H22N4O6S. The minimum Gasteiger partial charge on any atom is -0.454 e. The highest BCUT2D eigenvalue weighted by Gasteiger charge is 2.35. The molecule has 0 saturated carbocycles. The van der Waals surface area contributed by atoms with E-state index in [1.165, 1.54) is 10.4 Å². The van der Waals surface area contributed by atoms with Crippen LogP contribution >= 0.6 is 0 Å². The van der Waals surface area contributed by atoms with E-state index < -0.39 is 15.9 Å². The molecule has 1 fully saturated rings. The quantitative estimate of drug-likeness (QED) is 0.579. The van der Waals surface area contributed by atoms with E-state index in [4.69, 9.17) is 13.9 Å². The number of sulfonamides is 1. The van der Waals surface area contributed by atoms with Gasteiger partial charge in [-0.15, -0.1) is 0 Å². The molecule has 10 nitrogen and oxygen atoms in total. The molecule has 0 spiro atoms. The summed E-state index contributed by atoms with van der Waals surface area (Å²) in [5.74, 6) is 1.10. The highest BCUT2D eigenvalue weighted by molar-refractivity contribution is 7.89. The summed E-state index contributed by atoms with van der Waals surface area (Å²) in [5, 5.41) is 9.34. The summed E-state index contributed by atoms with van der Waals surface area (Å²) in [7, 11) is -3.85. The van der Waals surface area contributed by atoms with Gasteiger partial charge in [0.2, 0.25) is 17.8 Å². The number of rotatable bonds is 6. The Hall–Kier alpha value is -3.31. The number of hydrogen-bond acceptors (Lipinski definition) is 7. The van der Waals surface area contributed by atoms with Gasteiger partial charge in [0.15, 0.2) is 17.3 Å². The van der Waals surface area contributed by atoms with Gasteiger partial charge in [-0.3, -0.25) is 9.89 Å². The number of carbonyl (C=O) groups excluding carboxylic acids is 1. The van der Waals surface area contributed by atoms with Crippen molar-refractivity contribution in [2.75, 3.05) is 19.9 Å². The van der Waals surface area contributed by atoms with Crippen LogP contribution in [0.15, 0.2) is 52.1 Å². The molecule has 2 N–H and O–H groups in total. The lowest BCUT2D eigenvalue weighted by Crippen LogP contribution is -2.45. The van der Waals surface area contributed by atoms with E-state index in [-0.39, 0.29) is 24.3 Å². The topological polar surface area (TPSA) is 127 Å². The molecule has 0 aliphatic carbocycles. The van der Waals surface area contributed by atoms with Gasteiger partial charge in [-0.1, -0.05) is 6.07 Å². The first-order chi connectivity index (χ1) is 15.5. The third-order valence-electron chi connectivity index (χ3n) is 5.60. The van der Waals surface area contributed by atoms with Crippen LogP contribution in [0.25, 0.3) is 11.5 Å². The lowest BCUT2D eigenvalue weighted by Gasteiger charge is -2.30. The second-order valence-electron chi connectivity index (χ2n) is 7.70. The minimum absolute atomic E-state index is 0.107. The van der Waals surface area contributed by atoms with E-state index in [1.54, 1.807) is 24.4 Å². The molecule has 1 atom stereocenters. The molecule has 2 aliphatic heterocycles. The van der Waals surface area contributed by atoms with Crippen LogP contribution in [0.5, 0.6) is 11.5 Å². The van der Waals surface area contributed by atoms with E-state index >= 15 is 0 Å². The van der Waals surface area contributed by atoms with E-state index in [1.807, 2.05) is 12.1 Å². The Balaban J connectivity index is 1.23. The van der Waals surface area contributed by atoms with Crippen molar-refractivity contribution in [1.82, 2.24) is 19.8 Å². The predicted octanol–water partition coefficient (Wildman–Crippen LogP) is 2.12. The average molecular weight is 458 g/mol. The number of benzene rings is 1. The van der Waals surface area contributed by atoms with Crippen molar-refractivity contribution in [3.05, 3.63) is 48.2 Å². The summed E-state index contributed by atoms with van der Waals surface area (Å²) in [6.07, 6.45) is 2.77. The van der Waals surface area contributed by atoms with Gasteiger partial charge in [0, 0.05) is 25.8 Å². The molecule has 0 unspecified atom stereocenters. The van der Waals surface area contributed by atoms with Gasteiger partial charge in [0.25, 0.3) is 10.0 Å². The number of carbonyl (C=O) groups is 1. The van der Waals surface area contributed by atoms with Gasteiger partial charge in [-0.25, -0.2) is 8.42 Å². The first kappa shape index (κ1) is 20.6. The average Bonchev–Trinajstić information content (AvgIpc) is 3.58. The third-order valence-corrected chi connectivity index (χ3v) is 7.34. The number of piperidine rings is 1. The van der Waals surface area contributed by atoms with E-state index in [2.05, 4.69) is 15.5 Å². The van der Waals surface area contributed by atoms with Crippen molar-refractivity contribution in [1.29, 1.82) is 0 Å². The number of H-pyrrole nitrogens is 1. The number of nitrogens with zero attached hydrogens (tertiary/aromatic N) is 2. The van der Waals surface area contributed by atoms with Gasteiger partial charge in [-0.2, -0.15) is 9.40 Å². The Morgan fingerprint density at radius 3 is 2.91 bits per heavy atom. The normalized spacial score (nSPS) is 18.6. The molecule has 3 aromatic rings. The summed E-state index contributed by atoms with van der Waals surface area (Å²) < 4.78 is 43.7. The number of amides is 1. The lowest BCUT2D eigenvalue weighted by molar-refractivity contribution is -0.126. The van der Waals surface area contributed by atoms with E-state index in [0.717, 1.165) is 5.56 Å². The smallest absolute Gasteiger partial charge is 0.276 e. The molecule has 1 amide bonds. The number of furan rings is 1. The second kappa shape index (κ2) is 8.32. The summed E-state index contributed by atoms with van der Waals surface area (Å²) in [4.78, 5) is 12.8. The van der Waals surface area contributed by atoms with E-state index in [0.29, 0.717) is 48.9 Å². The van der Waals surface area contributed by atoms with Crippen LogP contribution < -0.4 is 14.8 Å². The maximum Gasteiger partial charge on any atom is 0.276 e. The SMILES string of the molecule is O=C(NCc1ccc2c(c1)OCO2)[C@H]1CCCN(S(=O)(=O)c2ccc(-c3ccn[nH]3)o2)C1. The summed E-state index contributed by atoms with van der Waals surface area (Å²) in [5.41, 5.74) is 1.47. The Labute approximate surface area is 184 Å². The Morgan fingerprint density at radius 1 is 1.19 bits per heavy atom. The highest BCUT2D eigenvalue weighted by atomic mass is 32.2. The maximum absolute atomic E-state index is 13.1. The Bertz CT molecular complexity index is 1220. The van der Waals surface area contributed by atoms with Crippen LogP contribution in [0.1, 0.15) is 18.4 Å². The predicted molar refractivity (Wildman–Crippen MR) is 112 cm³/mol. The first-order valence-electron chi connectivity index (χ1n) is 10.3. The standard InChI is InChI=1S/C21H22N4O6S/c26-21(22-11-14-3-4-18-19(10-14)30-13-29-18)15-2-1-9-25(12-15)32(27,28)20-6-5-17(31-20)16-7-8-23-24-16/h3-8,10,15H,1-2,9,11-13H2,(H,22,26)(H,23,24)/t15-/m0/s1. The molecule has 0 bridgehead atoms. The zero-order valence-electron chi connectivity index (χ0n) is 17.1. The molecule has 11 heteroatoms. The molecule has 0 radical (unpaired) electrons. The van der Waals surface area contributed by atoms with E-state index in [9.17, 15) is 13.2 Å². The Kier molecular flexibility index (Phi) is 5.35. The number of fused-ring (bicyclic) bond motifs is 1. The van der Waals surface area contributed by atoms with Crippen LogP contribution in [-0.2, 0) is 21.4 Å². The van der Waals surface area contributed by atoms with Gasteiger partial charge in [0.05, 0.1) is 5.92 Å². The molecule has 1 aromatic carbocycles. The number of aromatic nitrogens is 2. The van der Waals surface area contributed by atoms with Crippen LogP contribution in [0.3, 0.4) is 0 Å². The fraction of sp³-hybridized carbons (Fsp3) is 0.333. The molecular weight excluding hydrogens is 436 g/mol. The number of aromatic amines is 1. The summed E-state index contributed by atoms with van der Waals surface area (Å²) >= 11 is 0. The molecule has 4 heterocycles. The van der Waals surface area contributed by atoms with Crippen LogP contribution in [0.4, 0.5) is 0 Å². The van der Waals surface area contributed by atoms with Gasteiger partial charge in [-0.05, 0) is 48.7 Å². The number of nitrogens with one attached hydrogen (secondary N) is 2. The van der Waals surface area contributed by atoms with Crippen LogP contribution in [-0.4, -0.2) is 48.7 Å². The molecule has 32 heavy (non-hydrogen) atoms. The fourth-order valence-corrected chi connectivity index (χ4v) is 5.32. The number of ether oxygens (including phenoxy) is 2. The molecule has 5 rings (SSSR count). The maximum atomic E-state index is 13.1. The Morgan fingerprint density at radius 2 is 2.06 bits per heavy atom. The minimum atomic E-state index is -3.85. The first-order valence-corrected chi connectivity index (χ1v) is 11.7. The highest BCUT2D eigenvalue weighted by Crippen LogP contribution is 2.32.